The summed E-state index contributed by atoms with van der Waals surface area (Å²) in [5.41, 5.74) is 0. The Morgan fingerprint density at radius 2 is 2.38 bits per heavy atom. The fourth-order valence-electron chi connectivity index (χ4n) is 0.362. The molecule has 1 aromatic rings. The van der Waals surface area contributed by atoms with Gasteiger partial charge >= 0.3 is 0 Å². The van der Waals surface area contributed by atoms with Crippen LogP contribution in [0.15, 0.2) is 10.9 Å². The molecular weight excluding hydrogens is 106 g/mol. The van der Waals surface area contributed by atoms with Crippen LogP contribution in [0.1, 0.15) is 0 Å². The minimum Gasteiger partial charge on any atom is -0.344 e. The highest BCUT2D eigenvalue weighted by atomic mass is 16.5. The number of hydrogen-bond donors (Lipinski definition) is 0. The van der Waals surface area contributed by atoms with E-state index in [1.54, 1.807) is 4.90 Å². The summed E-state index contributed by atoms with van der Waals surface area (Å²) in [7, 11) is 3.70. The van der Waals surface area contributed by atoms with E-state index in [2.05, 4.69) is 14.7 Å². The first-order valence-corrected chi connectivity index (χ1v) is 2.24. The standard InChI is InChI=1S/C4H7N3O/c1-7(2)4-5-3-8-6-4/h3H,1-2H3. The molecule has 1 heterocycles. The van der Waals surface area contributed by atoms with Gasteiger partial charge in [-0.25, -0.2) is 0 Å². The summed E-state index contributed by atoms with van der Waals surface area (Å²) in [4.78, 5) is 5.53. The number of anilines is 1. The van der Waals surface area contributed by atoms with E-state index in [0.717, 1.165) is 0 Å². The van der Waals surface area contributed by atoms with Gasteiger partial charge in [-0.1, -0.05) is 0 Å². The second kappa shape index (κ2) is 1.81. The Hall–Kier alpha value is -1.06. The summed E-state index contributed by atoms with van der Waals surface area (Å²) in [6.45, 7) is 0. The SMILES string of the molecule is CN(C)c1ncon1. The van der Waals surface area contributed by atoms with Crippen LogP contribution in [0.4, 0.5) is 5.95 Å². The Kier molecular flexibility index (Phi) is 1.15. The van der Waals surface area contributed by atoms with Crippen LogP contribution in [-0.4, -0.2) is 24.2 Å². The first kappa shape index (κ1) is 5.08. The molecule has 0 spiro atoms. The average Bonchev–Trinajstić information content (AvgIpc) is 2.12. The molecule has 0 aliphatic rings. The van der Waals surface area contributed by atoms with E-state index in [4.69, 9.17) is 0 Å². The molecule has 0 amide bonds. The molecule has 0 saturated heterocycles. The van der Waals surface area contributed by atoms with Gasteiger partial charge in [0.1, 0.15) is 0 Å². The molecule has 4 heteroatoms. The van der Waals surface area contributed by atoms with Crippen LogP contribution < -0.4 is 4.90 Å². The molecule has 0 N–H and O–H groups in total. The topological polar surface area (TPSA) is 42.2 Å². The molecule has 0 atom stereocenters. The number of hydrogen-bond acceptors (Lipinski definition) is 4. The molecule has 0 fully saturated rings. The van der Waals surface area contributed by atoms with E-state index < -0.39 is 0 Å². The van der Waals surface area contributed by atoms with Gasteiger partial charge in [0.05, 0.1) is 0 Å². The summed E-state index contributed by atoms with van der Waals surface area (Å²) < 4.78 is 4.47. The zero-order chi connectivity index (χ0) is 5.98. The van der Waals surface area contributed by atoms with Crippen molar-refractivity contribution in [3.63, 3.8) is 0 Å². The van der Waals surface area contributed by atoms with E-state index >= 15 is 0 Å². The molecule has 0 unspecified atom stereocenters. The largest absolute Gasteiger partial charge is 0.344 e. The van der Waals surface area contributed by atoms with Gasteiger partial charge in [0.15, 0.2) is 0 Å². The molecule has 0 saturated carbocycles. The van der Waals surface area contributed by atoms with Crippen molar-refractivity contribution in [1.29, 1.82) is 0 Å². The zero-order valence-electron chi connectivity index (χ0n) is 4.83. The molecular formula is C4H7N3O. The molecule has 1 rings (SSSR count). The van der Waals surface area contributed by atoms with E-state index in [1.165, 1.54) is 6.39 Å². The lowest BCUT2D eigenvalue weighted by atomic mass is 10.8. The van der Waals surface area contributed by atoms with Crippen LogP contribution in [0.25, 0.3) is 0 Å². The van der Waals surface area contributed by atoms with Crippen LogP contribution in [0.2, 0.25) is 0 Å². The van der Waals surface area contributed by atoms with Gasteiger partial charge in [0.2, 0.25) is 6.39 Å². The molecule has 44 valence electrons. The monoisotopic (exact) mass is 113 g/mol. The number of aromatic nitrogens is 2. The smallest absolute Gasteiger partial charge is 0.265 e. The van der Waals surface area contributed by atoms with Crippen molar-refractivity contribution in [2.45, 2.75) is 0 Å². The minimum atomic E-state index is 0.602. The van der Waals surface area contributed by atoms with Crippen molar-refractivity contribution < 1.29 is 4.52 Å². The predicted octanol–water partition coefficient (Wildman–Crippen LogP) is 0.136. The molecule has 8 heavy (non-hydrogen) atoms. The number of nitrogens with zero attached hydrogens (tertiary/aromatic N) is 3. The molecule has 1 aromatic heterocycles. The highest BCUT2D eigenvalue weighted by Crippen LogP contribution is 1.97. The summed E-state index contributed by atoms with van der Waals surface area (Å²) in [5.74, 6) is 0.602. The van der Waals surface area contributed by atoms with Gasteiger partial charge in [-0.2, -0.15) is 4.98 Å². The maximum atomic E-state index is 4.47. The van der Waals surface area contributed by atoms with Crippen molar-refractivity contribution >= 4 is 5.95 Å². The minimum absolute atomic E-state index is 0.602. The van der Waals surface area contributed by atoms with Gasteiger partial charge in [-0.15, -0.1) is 0 Å². The molecule has 0 bridgehead atoms. The zero-order valence-corrected chi connectivity index (χ0v) is 4.83. The predicted molar refractivity (Wildman–Crippen MR) is 28.6 cm³/mol. The Bertz CT molecular complexity index is 146. The third-order valence-electron chi connectivity index (χ3n) is 0.750. The Morgan fingerprint density at radius 1 is 1.62 bits per heavy atom. The third kappa shape index (κ3) is 0.776. The van der Waals surface area contributed by atoms with Crippen molar-refractivity contribution in [3.8, 4) is 0 Å². The second-order valence-corrected chi connectivity index (χ2v) is 1.63. The fraction of sp³-hybridized carbons (Fsp3) is 0.500. The highest BCUT2D eigenvalue weighted by Gasteiger charge is 1.95. The average molecular weight is 113 g/mol. The highest BCUT2D eigenvalue weighted by molar-refractivity contribution is 5.21. The normalized spacial score (nSPS) is 9.25. The van der Waals surface area contributed by atoms with Crippen LogP contribution in [0.3, 0.4) is 0 Å². The lowest BCUT2D eigenvalue weighted by Gasteiger charge is -2.01. The van der Waals surface area contributed by atoms with Crippen molar-refractivity contribution in [2.24, 2.45) is 0 Å². The van der Waals surface area contributed by atoms with Gasteiger partial charge in [-0.3, -0.25) is 0 Å². The molecule has 0 aliphatic heterocycles. The van der Waals surface area contributed by atoms with Crippen molar-refractivity contribution in [3.05, 3.63) is 6.39 Å². The van der Waals surface area contributed by atoms with E-state index in [-0.39, 0.29) is 0 Å². The second-order valence-electron chi connectivity index (χ2n) is 1.63. The van der Waals surface area contributed by atoms with Crippen LogP contribution in [0.5, 0.6) is 0 Å². The summed E-state index contributed by atoms with van der Waals surface area (Å²) in [6, 6.07) is 0. The van der Waals surface area contributed by atoms with Gasteiger partial charge < -0.3 is 9.42 Å². The van der Waals surface area contributed by atoms with Crippen LogP contribution in [-0.2, 0) is 0 Å². The van der Waals surface area contributed by atoms with E-state index in [1.807, 2.05) is 14.1 Å². The summed E-state index contributed by atoms with van der Waals surface area (Å²) in [5, 5.41) is 3.56. The number of rotatable bonds is 1. The van der Waals surface area contributed by atoms with Crippen molar-refractivity contribution in [1.82, 2.24) is 10.1 Å². The maximum Gasteiger partial charge on any atom is 0.265 e. The van der Waals surface area contributed by atoms with E-state index in [0.29, 0.717) is 5.95 Å². The van der Waals surface area contributed by atoms with Gasteiger partial charge in [0.25, 0.3) is 5.95 Å². The first-order chi connectivity index (χ1) is 3.80. The van der Waals surface area contributed by atoms with Crippen molar-refractivity contribution in [2.75, 3.05) is 19.0 Å². The molecule has 0 aliphatic carbocycles. The maximum absolute atomic E-state index is 4.47. The molecule has 0 radical (unpaired) electrons. The fourth-order valence-corrected chi connectivity index (χ4v) is 0.362. The van der Waals surface area contributed by atoms with Gasteiger partial charge in [-0.05, 0) is 5.16 Å². The lowest BCUT2D eigenvalue weighted by molar-refractivity contribution is 0.417. The van der Waals surface area contributed by atoms with Crippen LogP contribution >= 0.6 is 0 Å². The Balaban J connectivity index is 2.77. The van der Waals surface area contributed by atoms with E-state index in [9.17, 15) is 0 Å². The third-order valence-corrected chi connectivity index (χ3v) is 0.750. The first-order valence-electron chi connectivity index (χ1n) is 2.24. The van der Waals surface area contributed by atoms with Gasteiger partial charge in [0, 0.05) is 14.1 Å². The Morgan fingerprint density at radius 3 is 2.62 bits per heavy atom. The quantitative estimate of drug-likeness (QED) is 0.519. The Labute approximate surface area is 47.1 Å². The van der Waals surface area contributed by atoms with Crippen LogP contribution in [0, 0.1) is 0 Å². The lowest BCUT2D eigenvalue weighted by Crippen LogP contribution is -2.09. The summed E-state index contributed by atoms with van der Waals surface area (Å²) in [6.07, 6.45) is 1.30. The molecule has 4 nitrogen and oxygen atoms in total. The molecule has 0 aromatic carbocycles. The summed E-state index contributed by atoms with van der Waals surface area (Å²) >= 11 is 0.